The van der Waals surface area contributed by atoms with E-state index in [1.54, 1.807) is 18.2 Å². The molecule has 2 aromatic carbocycles. The predicted octanol–water partition coefficient (Wildman–Crippen LogP) is 4.57. The summed E-state index contributed by atoms with van der Waals surface area (Å²) in [5, 5.41) is 5.12. The van der Waals surface area contributed by atoms with Crippen molar-refractivity contribution < 1.29 is 31.9 Å². The molecule has 0 aliphatic carbocycles. The molecule has 2 amide bonds. The lowest BCUT2D eigenvalue weighted by Crippen LogP contribution is -2.21. The SMILES string of the molecule is O=C(COc1ccccc1C(F)(F)F)Nc1ccc(NC(=O)c2ccco2)cc1. The lowest BCUT2D eigenvalue weighted by molar-refractivity contribution is -0.139. The van der Waals surface area contributed by atoms with Gasteiger partial charge in [-0.3, -0.25) is 9.59 Å². The molecule has 0 unspecified atom stereocenters. The van der Waals surface area contributed by atoms with Crippen LogP contribution >= 0.6 is 0 Å². The van der Waals surface area contributed by atoms with Gasteiger partial charge in [-0.1, -0.05) is 12.1 Å². The van der Waals surface area contributed by atoms with Crippen LogP contribution in [-0.2, 0) is 11.0 Å². The third-order valence-corrected chi connectivity index (χ3v) is 3.72. The molecule has 0 aliphatic heterocycles. The zero-order valence-corrected chi connectivity index (χ0v) is 14.8. The van der Waals surface area contributed by atoms with E-state index in [9.17, 15) is 22.8 Å². The lowest BCUT2D eigenvalue weighted by Gasteiger charge is -2.13. The Morgan fingerprint density at radius 3 is 2.17 bits per heavy atom. The number of rotatable bonds is 6. The van der Waals surface area contributed by atoms with Crippen LogP contribution in [0, 0.1) is 0 Å². The second-order valence-corrected chi connectivity index (χ2v) is 5.84. The number of furan rings is 1. The second-order valence-electron chi connectivity index (χ2n) is 5.84. The van der Waals surface area contributed by atoms with Crippen molar-refractivity contribution in [2.75, 3.05) is 17.2 Å². The van der Waals surface area contributed by atoms with Crippen LogP contribution in [0.2, 0.25) is 0 Å². The number of carbonyl (C=O) groups is 2. The predicted molar refractivity (Wildman–Crippen MR) is 98.7 cm³/mol. The number of benzene rings is 2. The highest BCUT2D eigenvalue weighted by atomic mass is 19.4. The first-order valence-corrected chi connectivity index (χ1v) is 8.37. The molecule has 3 rings (SSSR count). The summed E-state index contributed by atoms with van der Waals surface area (Å²) in [6.45, 7) is -0.593. The summed E-state index contributed by atoms with van der Waals surface area (Å²) in [6, 6.07) is 13.9. The molecule has 9 heteroatoms. The van der Waals surface area contributed by atoms with E-state index in [-0.39, 0.29) is 5.76 Å². The second kappa shape index (κ2) is 8.51. The Balaban J connectivity index is 1.54. The van der Waals surface area contributed by atoms with E-state index in [0.717, 1.165) is 12.1 Å². The Labute approximate surface area is 163 Å². The average molecular weight is 404 g/mol. The molecule has 1 heterocycles. The van der Waals surface area contributed by atoms with E-state index in [1.807, 2.05) is 0 Å². The molecule has 0 fully saturated rings. The van der Waals surface area contributed by atoms with Gasteiger partial charge in [0.15, 0.2) is 12.4 Å². The minimum Gasteiger partial charge on any atom is -0.483 e. The molecule has 150 valence electrons. The smallest absolute Gasteiger partial charge is 0.419 e. The molecule has 0 spiro atoms. The largest absolute Gasteiger partial charge is 0.483 e. The maximum absolute atomic E-state index is 12.9. The van der Waals surface area contributed by atoms with Gasteiger partial charge in [-0.25, -0.2) is 0 Å². The summed E-state index contributed by atoms with van der Waals surface area (Å²) in [7, 11) is 0. The van der Waals surface area contributed by atoms with Crippen molar-refractivity contribution in [3.05, 3.63) is 78.3 Å². The standard InChI is InChI=1S/C20H15F3N2O4/c21-20(22,23)15-4-1-2-5-16(15)29-12-18(26)24-13-7-9-14(10-8-13)25-19(27)17-6-3-11-28-17/h1-11H,12H2,(H,24,26)(H,25,27). The molecule has 0 aliphatic rings. The number of anilines is 2. The number of nitrogens with one attached hydrogen (secondary N) is 2. The van der Waals surface area contributed by atoms with Gasteiger partial charge >= 0.3 is 6.18 Å². The van der Waals surface area contributed by atoms with Crippen molar-refractivity contribution in [1.29, 1.82) is 0 Å². The van der Waals surface area contributed by atoms with Crippen LogP contribution in [0.25, 0.3) is 0 Å². The molecule has 2 N–H and O–H groups in total. The van der Waals surface area contributed by atoms with Crippen molar-refractivity contribution in [2.24, 2.45) is 0 Å². The van der Waals surface area contributed by atoms with Crippen LogP contribution in [0.1, 0.15) is 16.1 Å². The van der Waals surface area contributed by atoms with Gasteiger partial charge in [0.05, 0.1) is 11.8 Å². The average Bonchev–Trinajstić information content (AvgIpc) is 3.22. The number of halogens is 3. The fourth-order valence-corrected chi connectivity index (χ4v) is 2.40. The summed E-state index contributed by atoms with van der Waals surface area (Å²) in [4.78, 5) is 23.9. The summed E-state index contributed by atoms with van der Waals surface area (Å²) in [5.74, 6) is -1.33. The molecule has 0 atom stereocenters. The number of para-hydroxylation sites is 1. The van der Waals surface area contributed by atoms with Crippen LogP contribution in [0.4, 0.5) is 24.5 Å². The monoisotopic (exact) mass is 404 g/mol. The first-order valence-electron chi connectivity index (χ1n) is 8.37. The molecule has 29 heavy (non-hydrogen) atoms. The Morgan fingerprint density at radius 1 is 0.897 bits per heavy atom. The molecule has 1 aromatic heterocycles. The Hall–Kier alpha value is -3.75. The highest BCUT2D eigenvalue weighted by molar-refractivity contribution is 6.02. The first kappa shape index (κ1) is 20.0. The number of carbonyl (C=O) groups excluding carboxylic acids is 2. The van der Waals surface area contributed by atoms with Crippen LogP contribution in [0.3, 0.4) is 0 Å². The summed E-state index contributed by atoms with van der Waals surface area (Å²) in [6.07, 6.45) is -3.20. The van der Waals surface area contributed by atoms with Crippen molar-refractivity contribution in [2.45, 2.75) is 6.18 Å². The Kier molecular flexibility index (Phi) is 5.87. The quantitative estimate of drug-likeness (QED) is 0.631. The topological polar surface area (TPSA) is 80.6 Å². The highest BCUT2D eigenvalue weighted by Crippen LogP contribution is 2.35. The van der Waals surface area contributed by atoms with Gasteiger partial charge in [-0.2, -0.15) is 13.2 Å². The van der Waals surface area contributed by atoms with Crippen molar-refractivity contribution in [3.8, 4) is 5.75 Å². The van der Waals surface area contributed by atoms with E-state index < -0.39 is 35.9 Å². The van der Waals surface area contributed by atoms with Crippen molar-refractivity contribution in [3.63, 3.8) is 0 Å². The maximum atomic E-state index is 12.9. The van der Waals surface area contributed by atoms with Gasteiger partial charge in [0.2, 0.25) is 0 Å². The van der Waals surface area contributed by atoms with Gasteiger partial charge in [-0.05, 0) is 48.5 Å². The molecule has 6 nitrogen and oxygen atoms in total. The van der Waals surface area contributed by atoms with Gasteiger partial charge in [0.25, 0.3) is 11.8 Å². The van der Waals surface area contributed by atoms with Crippen LogP contribution < -0.4 is 15.4 Å². The molecule has 3 aromatic rings. The van der Waals surface area contributed by atoms with Crippen molar-refractivity contribution in [1.82, 2.24) is 0 Å². The normalized spacial score (nSPS) is 11.0. The molecular weight excluding hydrogens is 389 g/mol. The van der Waals surface area contributed by atoms with Crippen LogP contribution in [0.15, 0.2) is 71.3 Å². The fourth-order valence-electron chi connectivity index (χ4n) is 2.40. The molecule has 0 saturated heterocycles. The van der Waals surface area contributed by atoms with Crippen LogP contribution in [0.5, 0.6) is 5.75 Å². The van der Waals surface area contributed by atoms with Crippen molar-refractivity contribution >= 4 is 23.2 Å². The van der Waals surface area contributed by atoms with E-state index in [4.69, 9.17) is 9.15 Å². The number of ether oxygens (including phenoxy) is 1. The Morgan fingerprint density at radius 2 is 1.55 bits per heavy atom. The van der Waals surface area contributed by atoms with Gasteiger partial charge < -0.3 is 19.8 Å². The van der Waals surface area contributed by atoms with E-state index >= 15 is 0 Å². The Bertz CT molecular complexity index is 984. The first-order chi connectivity index (χ1) is 13.8. The third-order valence-electron chi connectivity index (χ3n) is 3.72. The third kappa shape index (κ3) is 5.38. The number of alkyl halides is 3. The zero-order chi connectivity index (χ0) is 20.9. The minimum atomic E-state index is -4.58. The molecular formula is C20H15F3N2O4. The van der Waals surface area contributed by atoms with Gasteiger partial charge in [0, 0.05) is 11.4 Å². The number of amides is 2. The number of hydrogen-bond donors (Lipinski definition) is 2. The lowest BCUT2D eigenvalue weighted by atomic mass is 10.2. The van der Waals surface area contributed by atoms with Crippen LogP contribution in [-0.4, -0.2) is 18.4 Å². The van der Waals surface area contributed by atoms with Gasteiger partial charge in [0.1, 0.15) is 5.75 Å². The fraction of sp³-hybridized carbons (Fsp3) is 0.100. The number of hydrogen-bond acceptors (Lipinski definition) is 4. The summed E-state index contributed by atoms with van der Waals surface area (Å²) >= 11 is 0. The van der Waals surface area contributed by atoms with E-state index in [0.29, 0.717) is 11.4 Å². The van der Waals surface area contributed by atoms with E-state index in [1.165, 1.54) is 36.6 Å². The summed E-state index contributed by atoms with van der Waals surface area (Å²) in [5.41, 5.74) is -0.0945. The molecule has 0 saturated carbocycles. The van der Waals surface area contributed by atoms with E-state index in [2.05, 4.69) is 10.6 Å². The maximum Gasteiger partial charge on any atom is 0.419 e. The zero-order valence-electron chi connectivity index (χ0n) is 14.8. The minimum absolute atomic E-state index is 0.152. The highest BCUT2D eigenvalue weighted by Gasteiger charge is 2.34. The van der Waals surface area contributed by atoms with Gasteiger partial charge in [-0.15, -0.1) is 0 Å². The summed E-state index contributed by atoms with van der Waals surface area (Å²) < 4.78 is 48.8. The molecule has 0 radical (unpaired) electrons. The molecule has 0 bridgehead atoms.